The van der Waals surface area contributed by atoms with Gasteiger partial charge < -0.3 is 10.6 Å². The van der Waals surface area contributed by atoms with Crippen LogP contribution in [0.1, 0.15) is 20.8 Å². The van der Waals surface area contributed by atoms with Crippen LogP contribution < -0.4 is 10.6 Å². The first-order chi connectivity index (χ1) is 9.08. The number of fused-ring (bicyclic) bond motifs is 1. The summed E-state index contributed by atoms with van der Waals surface area (Å²) in [4.78, 5) is 11.9. The third-order valence-electron chi connectivity index (χ3n) is 2.75. The van der Waals surface area contributed by atoms with Gasteiger partial charge in [-0.15, -0.1) is 5.10 Å². The van der Waals surface area contributed by atoms with E-state index in [1.165, 1.54) is 0 Å². The highest BCUT2D eigenvalue weighted by Gasteiger charge is 2.15. The lowest BCUT2D eigenvalue weighted by atomic mass is 10.2. The molecule has 2 aromatic rings. The Morgan fingerprint density at radius 3 is 2.68 bits per heavy atom. The molecule has 5 nitrogen and oxygen atoms in total. The maximum absolute atomic E-state index is 11.9. The number of carbonyl (C=O) groups excluding carboxylic acids is 1. The normalized spacial score (nSPS) is 12.4. The number of carbonyl (C=O) groups is 1. The van der Waals surface area contributed by atoms with Gasteiger partial charge in [0.15, 0.2) is 5.82 Å². The second-order valence-corrected chi connectivity index (χ2v) is 4.81. The Balaban J connectivity index is 2.19. The van der Waals surface area contributed by atoms with E-state index in [2.05, 4.69) is 20.8 Å². The van der Waals surface area contributed by atoms with Crippen LogP contribution >= 0.6 is 0 Å². The first-order valence-corrected chi connectivity index (χ1v) is 6.35. The van der Waals surface area contributed by atoms with Crippen molar-refractivity contribution >= 4 is 22.5 Å². The molecule has 0 aliphatic rings. The minimum atomic E-state index is -0.359. The molecule has 19 heavy (non-hydrogen) atoms. The van der Waals surface area contributed by atoms with Crippen LogP contribution in [0.2, 0.25) is 0 Å². The zero-order valence-electron chi connectivity index (χ0n) is 11.3. The highest BCUT2D eigenvalue weighted by Crippen LogP contribution is 2.19. The second-order valence-electron chi connectivity index (χ2n) is 4.81. The largest absolute Gasteiger partial charge is 0.357 e. The highest BCUT2D eigenvalue weighted by molar-refractivity contribution is 5.93. The maximum atomic E-state index is 11.9. The fraction of sp³-hybridized carbons (Fsp3) is 0.357. The van der Waals surface area contributed by atoms with Gasteiger partial charge in [0.1, 0.15) is 6.04 Å². The van der Waals surface area contributed by atoms with Crippen LogP contribution in [0.15, 0.2) is 30.5 Å². The number of nitrogens with one attached hydrogen (secondary N) is 2. The predicted molar refractivity (Wildman–Crippen MR) is 75.9 cm³/mol. The number of benzene rings is 1. The van der Waals surface area contributed by atoms with Crippen LogP contribution in [0.3, 0.4) is 0 Å². The summed E-state index contributed by atoms with van der Waals surface area (Å²) in [6.07, 6.45) is 1.71. The van der Waals surface area contributed by atoms with Gasteiger partial charge in [0.2, 0.25) is 5.91 Å². The molecule has 0 bridgehead atoms. The van der Waals surface area contributed by atoms with E-state index in [0.29, 0.717) is 5.82 Å². The zero-order valence-corrected chi connectivity index (χ0v) is 11.3. The molecule has 2 N–H and O–H groups in total. The molecular formula is C14H18N4O. The third kappa shape index (κ3) is 3.19. The van der Waals surface area contributed by atoms with Gasteiger partial charge in [-0.05, 0) is 20.8 Å². The molecule has 0 radical (unpaired) electrons. The van der Waals surface area contributed by atoms with E-state index in [9.17, 15) is 4.79 Å². The lowest BCUT2D eigenvalue weighted by Gasteiger charge is -2.17. The topological polar surface area (TPSA) is 66.9 Å². The Bertz CT molecular complexity index is 577. The van der Waals surface area contributed by atoms with Crippen molar-refractivity contribution in [3.05, 3.63) is 30.5 Å². The van der Waals surface area contributed by atoms with Crippen molar-refractivity contribution in [3.63, 3.8) is 0 Å². The average Bonchev–Trinajstić information content (AvgIpc) is 2.38. The fourth-order valence-electron chi connectivity index (χ4n) is 1.81. The smallest absolute Gasteiger partial charge is 0.242 e. The van der Waals surface area contributed by atoms with Crippen LogP contribution in [0.5, 0.6) is 0 Å². The summed E-state index contributed by atoms with van der Waals surface area (Å²) in [6, 6.07) is 7.57. The Morgan fingerprint density at radius 1 is 1.21 bits per heavy atom. The van der Waals surface area contributed by atoms with Gasteiger partial charge in [-0.3, -0.25) is 4.79 Å². The molecule has 1 unspecified atom stereocenters. The van der Waals surface area contributed by atoms with Crippen LogP contribution in [-0.2, 0) is 4.79 Å². The molecule has 0 aliphatic carbocycles. The molecule has 1 atom stereocenters. The van der Waals surface area contributed by atoms with Crippen molar-refractivity contribution in [2.75, 3.05) is 5.32 Å². The van der Waals surface area contributed by atoms with E-state index in [4.69, 9.17) is 0 Å². The van der Waals surface area contributed by atoms with Gasteiger partial charge in [-0.1, -0.05) is 24.3 Å². The molecular weight excluding hydrogens is 240 g/mol. The maximum Gasteiger partial charge on any atom is 0.242 e. The van der Waals surface area contributed by atoms with Crippen molar-refractivity contribution in [1.82, 2.24) is 15.5 Å². The number of nitrogens with zero attached hydrogens (tertiary/aromatic N) is 2. The van der Waals surface area contributed by atoms with Crippen molar-refractivity contribution in [1.29, 1.82) is 0 Å². The van der Waals surface area contributed by atoms with Gasteiger partial charge in [0, 0.05) is 16.8 Å². The summed E-state index contributed by atoms with van der Waals surface area (Å²) in [7, 11) is 0. The van der Waals surface area contributed by atoms with Crippen LogP contribution in [0.25, 0.3) is 10.8 Å². The molecule has 1 aromatic carbocycles. The molecule has 0 saturated carbocycles. The van der Waals surface area contributed by atoms with Gasteiger partial charge in [0.05, 0.1) is 6.20 Å². The Kier molecular flexibility index (Phi) is 3.94. The third-order valence-corrected chi connectivity index (χ3v) is 2.75. The molecule has 0 spiro atoms. The molecule has 5 heteroatoms. The summed E-state index contributed by atoms with van der Waals surface area (Å²) in [5.41, 5.74) is 0. The number of anilines is 1. The first-order valence-electron chi connectivity index (χ1n) is 6.35. The van der Waals surface area contributed by atoms with Crippen molar-refractivity contribution in [2.24, 2.45) is 0 Å². The molecule has 0 saturated heterocycles. The molecule has 0 aliphatic heterocycles. The molecule has 1 amide bonds. The fourth-order valence-corrected chi connectivity index (χ4v) is 1.81. The quantitative estimate of drug-likeness (QED) is 0.879. The van der Waals surface area contributed by atoms with Crippen molar-refractivity contribution in [3.8, 4) is 0 Å². The molecule has 1 heterocycles. The Morgan fingerprint density at radius 2 is 1.95 bits per heavy atom. The molecule has 2 rings (SSSR count). The monoisotopic (exact) mass is 258 g/mol. The molecule has 100 valence electrons. The second kappa shape index (κ2) is 5.65. The van der Waals surface area contributed by atoms with E-state index in [0.717, 1.165) is 10.8 Å². The van der Waals surface area contributed by atoms with Crippen molar-refractivity contribution in [2.45, 2.75) is 32.9 Å². The van der Waals surface area contributed by atoms with Crippen LogP contribution in [0, 0.1) is 0 Å². The van der Waals surface area contributed by atoms with Gasteiger partial charge in [0.25, 0.3) is 0 Å². The molecule has 1 aromatic heterocycles. The summed E-state index contributed by atoms with van der Waals surface area (Å²) in [6.45, 7) is 5.67. The van der Waals surface area contributed by atoms with E-state index in [1.54, 1.807) is 13.1 Å². The Labute approximate surface area is 112 Å². The SMILES string of the molecule is CC(C)NC(=O)C(C)Nc1nncc2ccccc12. The van der Waals surface area contributed by atoms with Gasteiger partial charge >= 0.3 is 0 Å². The predicted octanol–water partition coefficient (Wildman–Crippen LogP) is 1.95. The number of hydrogen-bond acceptors (Lipinski definition) is 4. The number of hydrogen-bond donors (Lipinski definition) is 2. The lowest BCUT2D eigenvalue weighted by Crippen LogP contribution is -2.41. The Hall–Kier alpha value is -2.17. The summed E-state index contributed by atoms with van der Waals surface area (Å²) in [5, 5.41) is 15.9. The summed E-state index contributed by atoms with van der Waals surface area (Å²) >= 11 is 0. The molecule has 0 fully saturated rings. The van der Waals surface area contributed by atoms with Crippen LogP contribution in [-0.4, -0.2) is 28.2 Å². The number of rotatable bonds is 4. The van der Waals surface area contributed by atoms with Crippen LogP contribution in [0.4, 0.5) is 5.82 Å². The average molecular weight is 258 g/mol. The van der Waals surface area contributed by atoms with E-state index >= 15 is 0 Å². The zero-order chi connectivity index (χ0) is 13.8. The van der Waals surface area contributed by atoms with Gasteiger partial charge in [-0.25, -0.2) is 0 Å². The lowest BCUT2D eigenvalue weighted by molar-refractivity contribution is -0.122. The summed E-state index contributed by atoms with van der Waals surface area (Å²) < 4.78 is 0. The standard InChI is InChI=1S/C14H18N4O/c1-9(2)16-14(19)10(3)17-13-12-7-5-4-6-11(12)8-15-18-13/h4-10H,1-3H3,(H,16,19)(H,17,18). The summed E-state index contributed by atoms with van der Waals surface area (Å²) in [5.74, 6) is 0.578. The van der Waals surface area contributed by atoms with E-state index in [1.807, 2.05) is 38.1 Å². The van der Waals surface area contributed by atoms with Gasteiger partial charge in [-0.2, -0.15) is 5.10 Å². The minimum absolute atomic E-state index is 0.0512. The minimum Gasteiger partial charge on any atom is -0.357 e. The first kappa shape index (κ1) is 13.3. The van der Waals surface area contributed by atoms with E-state index in [-0.39, 0.29) is 18.0 Å². The number of amides is 1. The number of aromatic nitrogens is 2. The van der Waals surface area contributed by atoms with E-state index < -0.39 is 0 Å². The van der Waals surface area contributed by atoms with Crippen molar-refractivity contribution < 1.29 is 4.79 Å². The highest BCUT2D eigenvalue weighted by atomic mass is 16.2.